The van der Waals surface area contributed by atoms with E-state index in [1.165, 1.54) is 18.4 Å². The molecule has 2 aliphatic rings. The van der Waals surface area contributed by atoms with Crippen molar-refractivity contribution in [2.75, 3.05) is 44.7 Å². The summed E-state index contributed by atoms with van der Waals surface area (Å²) in [7, 11) is 0. The van der Waals surface area contributed by atoms with Gasteiger partial charge in [-0.05, 0) is 87.6 Å². The average Bonchev–Trinajstić information content (AvgIpc) is 3.78. The van der Waals surface area contributed by atoms with Crippen LogP contribution >= 0.6 is 0 Å². The molecule has 0 spiro atoms. The second-order valence-electron chi connectivity index (χ2n) is 10.7. The molecule has 0 bridgehead atoms. The number of unbranched alkanes of at least 4 members (excludes halogenated alkanes) is 1. The first-order valence-corrected chi connectivity index (χ1v) is 14.3. The number of carboxylic acids is 1. The second kappa shape index (κ2) is 14.6. The van der Waals surface area contributed by atoms with Crippen LogP contribution in [0.1, 0.15) is 65.8 Å². The van der Waals surface area contributed by atoms with Crippen LogP contribution < -0.4 is 10.6 Å². The van der Waals surface area contributed by atoms with Crippen LogP contribution in [0.3, 0.4) is 0 Å². The third-order valence-corrected chi connectivity index (χ3v) is 7.38. The highest BCUT2D eigenvalue weighted by Crippen LogP contribution is 2.31. The molecule has 4 rings (SSSR count). The summed E-state index contributed by atoms with van der Waals surface area (Å²) in [5, 5.41) is 15.3. The van der Waals surface area contributed by atoms with Crippen molar-refractivity contribution in [1.82, 2.24) is 20.2 Å². The fourth-order valence-corrected chi connectivity index (χ4v) is 4.82. The van der Waals surface area contributed by atoms with Crippen LogP contribution in [-0.4, -0.2) is 77.3 Å². The molecular weight excluding hydrogens is 539 g/mol. The molecule has 0 radical (unpaired) electrons. The van der Waals surface area contributed by atoms with E-state index in [2.05, 4.69) is 32.7 Å². The van der Waals surface area contributed by atoms with Gasteiger partial charge in [-0.25, -0.2) is 9.78 Å². The molecule has 1 saturated carbocycles. The summed E-state index contributed by atoms with van der Waals surface area (Å²) in [4.78, 5) is 34.9. The van der Waals surface area contributed by atoms with Crippen LogP contribution in [0.25, 0.3) is 0 Å². The molecule has 3 N–H and O–H groups in total. The molecule has 0 aromatic carbocycles. The Labute approximate surface area is 237 Å². The number of carbonyl (C=O) groups is 2. The van der Waals surface area contributed by atoms with Gasteiger partial charge in [0.25, 0.3) is 5.91 Å². The number of rotatable bonds is 16. The van der Waals surface area contributed by atoms with E-state index in [9.17, 15) is 27.9 Å². The number of ether oxygens (including phenoxy) is 1. The number of hydrogen-bond donors (Lipinski definition) is 3. The number of aryl methyl sites for hydroxylation is 2. The molecule has 1 fully saturated rings. The first-order chi connectivity index (χ1) is 19.7. The average molecular weight is 578 g/mol. The summed E-state index contributed by atoms with van der Waals surface area (Å²) in [5.74, 6) is -0.892. The maximum Gasteiger partial charge on any atom is 0.418 e. The fraction of sp³-hybridized carbons (Fsp3) is 0.586. The third-order valence-electron chi connectivity index (χ3n) is 7.38. The maximum atomic E-state index is 13.3. The zero-order chi connectivity index (χ0) is 29.2. The predicted octanol–water partition coefficient (Wildman–Crippen LogP) is 4.18. The molecule has 2 aromatic heterocycles. The Bertz CT molecular complexity index is 1180. The molecule has 0 saturated heterocycles. The van der Waals surface area contributed by atoms with Gasteiger partial charge in [0, 0.05) is 38.1 Å². The van der Waals surface area contributed by atoms with Crippen molar-refractivity contribution in [1.29, 1.82) is 0 Å². The number of nitrogens with zero attached hydrogens (tertiary/aromatic N) is 3. The monoisotopic (exact) mass is 577 g/mol. The molecule has 1 amide bonds. The Morgan fingerprint density at radius 3 is 2.76 bits per heavy atom. The van der Waals surface area contributed by atoms with Crippen LogP contribution in [0.5, 0.6) is 0 Å². The number of carboxylic acid groups (broad SMARTS) is 1. The Hall–Kier alpha value is -3.25. The van der Waals surface area contributed by atoms with Gasteiger partial charge in [0.2, 0.25) is 0 Å². The quantitative estimate of drug-likeness (QED) is 0.255. The van der Waals surface area contributed by atoms with Gasteiger partial charge in [0.15, 0.2) is 0 Å². The molecule has 9 nitrogen and oxygen atoms in total. The zero-order valence-electron chi connectivity index (χ0n) is 23.1. The second-order valence-corrected chi connectivity index (χ2v) is 10.7. The van der Waals surface area contributed by atoms with E-state index >= 15 is 0 Å². The third kappa shape index (κ3) is 9.67. The van der Waals surface area contributed by atoms with E-state index < -0.39 is 35.4 Å². The topological polar surface area (TPSA) is 117 Å². The van der Waals surface area contributed by atoms with Gasteiger partial charge in [-0.1, -0.05) is 6.07 Å². The number of carbonyl (C=O) groups excluding carboxylic acids is 1. The SMILES string of the molecule is O=C(N[C@@H](CCN(CCCCc1ccc2c(n1)NCCC2)CCOCC1CC1)C(=O)O)c1ncccc1C(F)(F)F. The van der Waals surface area contributed by atoms with Crippen molar-refractivity contribution >= 4 is 17.7 Å². The van der Waals surface area contributed by atoms with Crippen molar-refractivity contribution in [2.24, 2.45) is 5.92 Å². The maximum absolute atomic E-state index is 13.3. The summed E-state index contributed by atoms with van der Waals surface area (Å²) in [6.07, 6.45) is 3.38. The van der Waals surface area contributed by atoms with Gasteiger partial charge < -0.3 is 25.4 Å². The minimum absolute atomic E-state index is 0.0237. The molecule has 1 atom stereocenters. The molecule has 2 aromatic rings. The number of amides is 1. The molecule has 224 valence electrons. The molecule has 1 aliphatic heterocycles. The Balaban J connectivity index is 1.30. The van der Waals surface area contributed by atoms with E-state index in [1.807, 2.05) is 0 Å². The summed E-state index contributed by atoms with van der Waals surface area (Å²) in [6.45, 7) is 3.76. The van der Waals surface area contributed by atoms with E-state index in [1.54, 1.807) is 0 Å². The lowest BCUT2D eigenvalue weighted by Crippen LogP contribution is -2.44. The number of aromatic nitrogens is 2. The number of nitrogens with one attached hydrogen (secondary N) is 2. The number of halogens is 3. The Kier molecular flexibility index (Phi) is 10.9. The smallest absolute Gasteiger partial charge is 0.418 e. The van der Waals surface area contributed by atoms with Crippen LogP contribution in [0.15, 0.2) is 30.5 Å². The molecule has 3 heterocycles. The van der Waals surface area contributed by atoms with Gasteiger partial charge in [-0.2, -0.15) is 13.2 Å². The summed E-state index contributed by atoms with van der Waals surface area (Å²) >= 11 is 0. The normalized spacial score (nSPS) is 15.7. The number of aliphatic carboxylic acids is 1. The predicted molar refractivity (Wildman–Crippen MR) is 147 cm³/mol. The molecule has 12 heteroatoms. The molecule has 0 unspecified atom stereocenters. The lowest BCUT2D eigenvalue weighted by molar-refractivity contribution is -0.139. The van der Waals surface area contributed by atoms with Crippen molar-refractivity contribution in [3.8, 4) is 0 Å². The number of fused-ring (bicyclic) bond motifs is 1. The number of hydrogen-bond acceptors (Lipinski definition) is 7. The summed E-state index contributed by atoms with van der Waals surface area (Å²) < 4.78 is 45.8. The van der Waals surface area contributed by atoms with E-state index in [4.69, 9.17) is 9.72 Å². The van der Waals surface area contributed by atoms with Crippen LogP contribution in [-0.2, 0) is 28.5 Å². The van der Waals surface area contributed by atoms with Crippen molar-refractivity contribution < 1.29 is 32.6 Å². The largest absolute Gasteiger partial charge is 0.480 e. The summed E-state index contributed by atoms with van der Waals surface area (Å²) in [6, 6.07) is 4.66. The number of anilines is 1. The van der Waals surface area contributed by atoms with Gasteiger partial charge in [0.1, 0.15) is 17.6 Å². The highest BCUT2D eigenvalue weighted by molar-refractivity contribution is 5.96. The van der Waals surface area contributed by atoms with Crippen LogP contribution in [0, 0.1) is 5.92 Å². The van der Waals surface area contributed by atoms with E-state index in [0.717, 1.165) is 68.5 Å². The van der Waals surface area contributed by atoms with Crippen molar-refractivity contribution in [3.05, 3.63) is 53.0 Å². The van der Waals surface area contributed by atoms with E-state index in [0.29, 0.717) is 38.8 Å². The Morgan fingerprint density at radius 1 is 1.17 bits per heavy atom. The number of pyridine rings is 2. The summed E-state index contributed by atoms with van der Waals surface area (Å²) in [5.41, 5.74) is 0.219. The lowest BCUT2D eigenvalue weighted by atomic mass is 10.1. The molecular formula is C29H38F3N5O4. The van der Waals surface area contributed by atoms with Crippen molar-refractivity contribution in [2.45, 2.75) is 63.6 Å². The van der Waals surface area contributed by atoms with Crippen molar-refractivity contribution in [3.63, 3.8) is 0 Å². The Morgan fingerprint density at radius 2 is 2.00 bits per heavy atom. The zero-order valence-corrected chi connectivity index (χ0v) is 23.1. The number of alkyl halides is 3. The highest BCUT2D eigenvalue weighted by Gasteiger charge is 2.36. The van der Waals surface area contributed by atoms with Gasteiger partial charge in [-0.15, -0.1) is 0 Å². The van der Waals surface area contributed by atoms with Crippen LogP contribution in [0.4, 0.5) is 19.0 Å². The van der Waals surface area contributed by atoms with Crippen LogP contribution in [0.2, 0.25) is 0 Å². The lowest BCUT2D eigenvalue weighted by Gasteiger charge is -2.24. The highest BCUT2D eigenvalue weighted by atomic mass is 19.4. The first-order valence-electron chi connectivity index (χ1n) is 14.3. The molecule has 1 aliphatic carbocycles. The fourth-order valence-electron chi connectivity index (χ4n) is 4.82. The molecule has 41 heavy (non-hydrogen) atoms. The minimum Gasteiger partial charge on any atom is -0.480 e. The first kappa shape index (κ1) is 30.7. The van der Waals surface area contributed by atoms with E-state index in [-0.39, 0.29) is 6.42 Å². The standard InChI is InChI=1S/C29H38F3N5O4/c30-29(31,32)23-7-4-13-33-25(23)27(38)36-24(28(39)40)12-16-37(17-18-41-19-20-8-9-20)15-2-1-6-22-11-10-21-5-3-14-34-26(21)35-22/h4,7,10-11,13,20,24H,1-3,5-6,8-9,12,14-19H2,(H,34,35)(H,36,38)(H,39,40)/t24-/m0/s1. The minimum atomic E-state index is -4.79. The van der Waals surface area contributed by atoms with Gasteiger partial charge in [0.05, 0.1) is 12.2 Å². The van der Waals surface area contributed by atoms with Gasteiger partial charge >= 0.3 is 12.1 Å². The van der Waals surface area contributed by atoms with Gasteiger partial charge in [-0.3, -0.25) is 9.78 Å².